The lowest BCUT2D eigenvalue weighted by Gasteiger charge is -2.21. The van der Waals surface area contributed by atoms with Crippen LogP contribution in [-0.4, -0.2) is 27.5 Å². The van der Waals surface area contributed by atoms with E-state index in [0.717, 1.165) is 18.9 Å². The zero-order chi connectivity index (χ0) is 10.1. The molecule has 0 aromatic carbocycles. The number of nitrogens with zero attached hydrogens (tertiary/aromatic N) is 3. The zero-order valence-corrected chi connectivity index (χ0v) is 8.56. The fourth-order valence-electron chi connectivity index (χ4n) is 2.15. The van der Waals surface area contributed by atoms with Crippen LogP contribution in [-0.2, 0) is 0 Å². The van der Waals surface area contributed by atoms with Gasteiger partial charge in [0, 0.05) is 31.1 Å². The molecule has 2 aromatic heterocycles. The Bertz CT molecular complexity index is 456. The Balaban J connectivity index is 1.95. The molecule has 0 spiro atoms. The van der Waals surface area contributed by atoms with Crippen LogP contribution < -0.4 is 5.32 Å². The molecule has 3 rings (SSSR count). The molecule has 0 amide bonds. The van der Waals surface area contributed by atoms with Crippen LogP contribution in [0.15, 0.2) is 24.7 Å². The average molecular weight is 202 g/mol. The Hall–Kier alpha value is -1.42. The fraction of sp³-hybridized carbons (Fsp3) is 0.455. The number of nitrogens with one attached hydrogen (secondary N) is 1. The van der Waals surface area contributed by atoms with Crippen molar-refractivity contribution in [2.45, 2.75) is 18.8 Å². The van der Waals surface area contributed by atoms with Gasteiger partial charge in [0.05, 0.1) is 5.69 Å². The van der Waals surface area contributed by atoms with Crippen LogP contribution in [0.5, 0.6) is 0 Å². The molecule has 4 heteroatoms. The molecule has 1 unspecified atom stereocenters. The molecule has 2 aromatic rings. The number of hydrogen-bond acceptors (Lipinski definition) is 3. The van der Waals surface area contributed by atoms with Crippen molar-refractivity contribution in [3.8, 4) is 0 Å². The van der Waals surface area contributed by atoms with Gasteiger partial charge in [0.25, 0.3) is 0 Å². The van der Waals surface area contributed by atoms with Gasteiger partial charge >= 0.3 is 0 Å². The van der Waals surface area contributed by atoms with Crippen molar-refractivity contribution in [2.24, 2.45) is 0 Å². The molecule has 0 radical (unpaired) electrons. The van der Waals surface area contributed by atoms with Crippen molar-refractivity contribution >= 4 is 5.78 Å². The van der Waals surface area contributed by atoms with Gasteiger partial charge in [-0.1, -0.05) is 0 Å². The normalized spacial score (nSPS) is 22.0. The van der Waals surface area contributed by atoms with Gasteiger partial charge in [-0.05, 0) is 25.5 Å². The third-order valence-electron chi connectivity index (χ3n) is 3.00. The van der Waals surface area contributed by atoms with Gasteiger partial charge < -0.3 is 5.32 Å². The molecular weight excluding hydrogens is 188 g/mol. The van der Waals surface area contributed by atoms with Crippen LogP contribution in [0.25, 0.3) is 5.78 Å². The minimum absolute atomic E-state index is 0.556. The van der Waals surface area contributed by atoms with E-state index in [9.17, 15) is 0 Å². The Morgan fingerprint density at radius 1 is 1.40 bits per heavy atom. The molecule has 3 heterocycles. The van der Waals surface area contributed by atoms with Crippen molar-refractivity contribution in [3.05, 3.63) is 30.4 Å². The number of rotatable bonds is 1. The fourth-order valence-corrected chi connectivity index (χ4v) is 2.15. The zero-order valence-electron chi connectivity index (χ0n) is 8.56. The summed E-state index contributed by atoms with van der Waals surface area (Å²) >= 11 is 0. The van der Waals surface area contributed by atoms with Crippen molar-refractivity contribution < 1.29 is 0 Å². The van der Waals surface area contributed by atoms with Gasteiger partial charge in [0.15, 0.2) is 0 Å². The molecule has 0 saturated carbocycles. The first-order chi connectivity index (χ1) is 7.43. The van der Waals surface area contributed by atoms with E-state index < -0.39 is 0 Å². The molecule has 1 N–H and O–H groups in total. The van der Waals surface area contributed by atoms with Crippen LogP contribution in [0.2, 0.25) is 0 Å². The molecule has 15 heavy (non-hydrogen) atoms. The highest BCUT2D eigenvalue weighted by Gasteiger charge is 2.16. The topological polar surface area (TPSA) is 42.2 Å². The predicted octanol–water partition coefficient (Wildman–Crippen LogP) is 1.20. The second kappa shape index (κ2) is 3.62. The number of aromatic nitrogens is 3. The van der Waals surface area contributed by atoms with Crippen molar-refractivity contribution in [1.29, 1.82) is 0 Å². The van der Waals surface area contributed by atoms with Gasteiger partial charge in [0.2, 0.25) is 5.78 Å². The molecule has 78 valence electrons. The maximum absolute atomic E-state index is 4.57. The quantitative estimate of drug-likeness (QED) is 0.755. The molecule has 0 bridgehead atoms. The van der Waals surface area contributed by atoms with E-state index in [2.05, 4.69) is 21.4 Å². The molecule has 1 aliphatic rings. The van der Waals surface area contributed by atoms with E-state index in [-0.39, 0.29) is 0 Å². The standard InChI is InChI=1S/C11H14N4/c1-2-9(8-12-4-1)10-3-6-15-7-5-13-11(15)14-10/h3,5-7,9,12H,1-2,4,8H2. The summed E-state index contributed by atoms with van der Waals surface area (Å²) in [5.41, 5.74) is 1.17. The maximum atomic E-state index is 4.57. The van der Waals surface area contributed by atoms with E-state index in [1.54, 1.807) is 6.20 Å². The molecule has 1 saturated heterocycles. The first kappa shape index (κ1) is 8.85. The minimum atomic E-state index is 0.556. The smallest absolute Gasteiger partial charge is 0.233 e. The van der Waals surface area contributed by atoms with Gasteiger partial charge in [-0.25, -0.2) is 9.97 Å². The van der Waals surface area contributed by atoms with Gasteiger partial charge in [-0.15, -0.1) is 0 Å². The van der Waals surface area contributed by atoms with E-state index in [0.29, 0.717) is 5.92 Å². The second-order valence-corrected chi connectivity index (χ2v) is 4.03. The van der Waals surface area contributed by atoms with Crippen molar-refractivity contribution in [1.82, 2.24) is 19.7 Å². The highest BCUT2D eigenvalue weighted by atomic mass is 15.1. The highest BCUT2D eigenvalue weighted by molar-refractivity contribution is 5.30. The summed E-state index contributed by atoms with van der Waals surface area (Å²) in [5.74, 6) is 1.36. The maximum Gasteiger partial charge on any atom is 0.233 e. The Kier molecular flexibility index (Phi) is 2.14. The van der Waals surface area contributed by atoms with Crippen molar-refractivity contribution in [2.75, 3.05) is 13.1 Å². The molecule has 1 aliphatic heterocycles. The van der Waals surface area contributed by atoms with Gasteiger partial charge in [0.1, 0.15) is 0 Å². The molecule has 4 nitrogen and oxygen atoms in total. The van der Waals surface area contributed by atoms with Crippen LogP contribution >= 0.6 is 0 Å². The minimum Gasteiger partial charge on any atom is -0.316 e. The average Bonchev–Trinajstić information content (AvgIpc) is 2.77. The van der Waals surface area contributed by atoms with E-state index in [1.807, 2.05) is 16.8 Å². The molecule has 1 atom stereocenters. The van der Waals surface area contributed by atoms with Crippen LogP contribution in [0.4, 0.5) is 0 Å². The van der Waals surface area contributed by atoms with Crippen molar-refractivity contribution in [3.63, 3.8) is 0 Å². The second-order valence-electron chi connectivity index (χ2n) is 4.03. The number of imidazole rings is 1. The molecular formula is C11H14N4. The lowest BCUT2D eigenvalue weighted by atomic mass is 9.96. The summed E-state index contributed by atoms with van der Waals surface area (Å²) in [6, 6.07) is 2.10. The van der Waals surface area contributed by atoms with Gasteiger partial charge in [-0.2, -0.15) is 0 Å². The lowest BCUT2D eigenvalue weighted by Crippen LogP contribution is -2.28. The Labute approximate surface area is 88.4 Å². The summed E-state index contributed by atoms with van der Waals surface area (Å²) in [6.45, 7) is 2.19. The molecule has 0 aliphatic carbocycles. The number of fused-ring (bicyclic) bond motifs is 1. The van der Waals surface area contributed by atoms with E-state index >= 15 is 0 Å². The summed E-state index contributed by atoms with van der Waals surface area (Å²) in [4.78, 5) is 8.78. The lowest BCUT2D eigenvalue weighted by molar-refractivity contribution is 0.454. The van der Waals surface area contributed by atoms with E-state index in [1.165, 1.54) is 18.5 Å². The summed E-state index contributed by atoms with van der Waals surface area (Å²) in [7, 11) is 0. The van der Waals surface area contributed by atoms with Crippen LogP contribution in [0.3, 0.4) is 0 Å². The number of piperidine rings is 1. The van der Waals surface area contributed by atoms with Crippen LogP contribution in [0, 0.1) is 0 Å². The number of hydrogen-bond donors (Lipinski definition) is 1. The van der Waals surface area contributed by atoms with E-state index in [4.69, 9.17) is 0 Å². The van der Waals surface area contributed by atoms with Crippen LogP contribution in [0.1, 0.15) is 24.5 Å². The highest BCUT2D eigenvalue weighted by Crippen LogP contribution is 2.21. The molecule has 1 fully saturated rings. The van der Waals surface area contributed by atoms with Gasteiger partial charge in [-0.3, -0.25) is 4.40 Å². The largest absolute Gasteiger partial charge is 0.316 e. The SMILES string of the molecule is c1cn2ccc(C3CCCNC3)nc2n1. The summed E-state index contributed by atoms with van der Waals surface area (Å²) in [5, 5.41) is 3.41. The predicted molar refractivity (Wildman–Crippen MR) is 57.8 cm³/mol. The monoisotopic (exact) mass is 202 g/mol. The first-order valence-corrected chi connectivity index (χ1v) is 5.44. The Morgan fingerprint density at radius 2 is 2.40 bits per heavy atom. The third kappa shape index (κ3) is 1.61. The Morgan fingerprint density at radius 3 is 3.27 bits per heavy atom. The summed E-state index contributed by atoms with van der Waals surface area (Å²) in [6.07, 6.45) is 8.22. The summed E-state index contributed by atoms with van der Waals surface area (Å²) < 4.78 is 1.94. The third-order valence-corrected chi connectivity index (χ3v) is 3.00. The first-order valence-electron chi connectivity index (χ1n) is 5.44.